The zero-order chi connectivity index (χ0) is 20.8. The molecule has 2 fully saturated rings. The van der Waals surface area contributed by atoms with Crippen LogP contribution in [0.15, 0.2) is 10.6 Å². The molecule has 1 aromatic heterocycles. The van der Waals surface area contributed by atoms with E-state index in [1.807, 2.05) is 18.7 Å². The summed E-state index contributed by atoms with van der Waals surface area (Å²) in [6.45, 7) is 10.5. The van der Waals surface area contributed by atoms with Gasteiger partial charge in [0, 0.05) is 38.3 Å². The Hall–Kier alpha value is -2.09. The van der Waals surface area contributed by atoms with Crippen LogP contribution in [0, 0.1) is 5.92 Å². The van der Waals surface area contributed by atoms with Crippen molar-refractivity contribution in [3.8, 4) is 5.88 Å². The van der Waals surface area contributed by atoms with Crippen molar-refractivity contribution in [1.29, 1.82) is 0 Å². The molecule has 0 aromatic carbocycles. The summed E-state index contributed by atoms with van der Waals surface area (Å²) < 4.78 is 16.3. The summed E-state index contributed by atoms with van der Waals surface area (Å²) in [4.78, 5) is 27.7. The molecule has 0 aliphatic carbocycles. The summed E-state index contributed by atoms with van der Waals surface area (Å²) in [7, 11) is 0. The van der Waals surface area contributed by atoms with Crippen molar-refractivity contribution in [3.63, 3.8) is 0 Å². The van der Waals surface area contributed by atoms with Crippen LogP contribution in [0.3, 0.4) is 0 Å². The highest BCUT2D eigenvalue weighted by molar-refractivity contribution is 5.84. The van der Waals surface area contributed by atoms with E-state index in [1.165, 1.54) is 0 Å². The van der Waals surface area contributed by atoms with E-state index in [4.69, 9.17) is 14.0 Å². The summed E-state index contributed by atoms with van der Waals surface area (Å²) >= 11 is 0. The minimum atomic E-state index is -0.336. The van der Waals surface area contributed by atoms with E-state index in [1.54, 1.807) is 6.07 Å². The molecule has 0 bridgehead atoms. The number of carbonyl (C=O) groups excluding carboxylic acids is 2. The molecule has 3 heterocycles. The molecule has 0 saturated carbocycles. The van der Waals surface area contributed by atoms with Crippen molar-refractivity contribution in [3.05, 3.63) is 11.8 Å². The van der Waals surface area contributed by atoms with Crippen LogP contribution in [0.25, 0.3) is 0 Å². The van der Waals surface area contributed by atoms with Crippen molar-refractivity contribution < 1.29 is 23.6 Å². The first-order valence-electron chi connectivity index (χ1n) is 10.7. The van der Waals surface area contributed by atoms with E-state index >= 15 is 0 Å². The van der Waals surface area contributed by atoms with Crippen LogP contribution < -0.4 is 4.74 Å². The number of hydrogen-bond donors (Lipinski definition) is 0. The smallest absolute Gasteiger partial charge is 0.293 e. The maximum atomic E-state index is 13.1. The second-order valence-corrected chi connectivity index (χ2v) is 8.43. The molecule has 0 spiro atoms. The predicted octanol–water partition coefficient (Wildman–Crippen LogP) is 2.44. The van der Waals surface area contributed by atoms with Crippen LogP contribution in [0.5, 0.6) is 5.88 Å². The first-order valence-corrected chi connectivity index (χ1v) is 10.7. The highest BCUT2D eigenvalue weighted by Gasteiger charge is 2.36. The van der Waals surface area contributed by atoms with Crippen molar-refractivity contribution in [1.82, 2.24) is 15.0 Å². The average Bonchev–Trinajstić information content (AvgIpc) is 3.32. The molecule has 1 aromatic rings. The molecule has 29 heavy (non-hydrogen) atoms. The summed E-state index contributed by atoms with van der Waals surface area (Å²) in [5.41, 5.74) is 0. The highest BCUT2D eigenvalue weighted by atomic mass is 16.5. The van der Waals surface area contributed by atoms with Gasteiger partial charge >= 0.3 is 0 Å². The topological polar surface area (TPSA) is 85.1 Å². The zero-order valence-electron chi connectivity index (χ0n) is 17.7. The van der Waals surface area contributed by atoms with Gasteiger partial charge in [-0.1, -0.05) is 13.8 Å². The van der Waals surface area contributed by atoms with E-state index in [2.05, 4.69) is 17.0 Å². The lowest BCUT2D eigenvalue weighted by Crippen LogP contribution is -2.39. The van der Waals surface area contributed by atoms with Gasteiger partial charge in [0.2, 0.25) is 5.91 Å². The van der Waals surface area contributed by atoms with Gasteiger partial charge in [0.25, 0.3) is 12.4 Å². The summed E-state index contributed by atoms with van der Waals surface area (Å²) in [5.74, 6) is 0.898. The number of hydrogen-bond acceptors (Lipinski definition) is 7. The number of likely N-dealkylation sites (tertiary alicyclic amines) is 2. The highest BCUT2D eigenvalue weighted by Crippen LogP contribution is 2.31. The van der Waals surface area contributed by atoms with Crippen LogP contribution in [0.1, 0.15) is 58.1 Å². The second-order valence-electron chi connectivity index (χ2n) is 8.43. The fraction of sp³-hybridized carbons (Fsp3) is 0.762. The van der Waals surface area contributed by atoms with E-state index in [0.717, 1.165) is 51.9 Å². The van der Waals surface area contributed by atoms with Gasteiger partial charge in [-0.3, -0.25) is 14.5 Å². The van der Waals surface area contributed by atoms with Gasteiger partial charge in [0.1, 0.15) is 18.6 Å². The fourth-order valence-corrected chi connectivity index (χ4v) is 4.29. The maximum absolute atomic E-state index is 13.1. The third-order valence-electron chi connectivity index (χ3n) is 6.02. The molecule has 162 valence electrons. The number of rotatable bonds is 9. The Morgan fingerprint density at radius 1 is 1.31 bits per heavy atom. The van der Waals surface area contributed by atoms with Crippen LogP contribution in [-0.4, -0.2) is 72.3 Å². The van der Waals surface area contributed by atoms with Gasteiger partial charge in [-0.25, -0.2) is 0 Å². The molecule has 8 heteroatoms. The number of aromatic nitrogens is 1. The van der Waals surface area contributed by atoms with E-state index in [-0.39, 0.29) is 29.9 Å². The molecule has 2 aliphatic rings. The van der Waals surface area contributed by atoms with Crippen LogP contribution >= 0.6 is 0 Å². The van der Waals surface area contributed by atoms with E-state index in [0.29, 0.717) is 24.7 Å². The maximum Gasteiger partial charge on any atom is 0.293 e. The number of nitrogens with zero attached hydrogens (tertiary/aromatic N) is 3. The Balaban J connectivity index is 1.50. The number of carbonyl (C=O) groups is 2. The molecule has 1 amide bonds. The zero-order valence-corrected chi connectivity index (χ0v) is 17.7. The number of amides is 1. The molecular weight excluding hydrogens is 374 g/mol. The largest absolute Gasteiger partial charge is 0.474 e. The SMILES string of the molecule is CC(C)C(C(=O)N1CCCC1C)c1cc(OCCN2CCC(OC=O)CC2)no1. The number of piperidine rings is 1. The van der Waals surface area contributed by atoms with E-state index < -0.39 is 0 Å². The first kappa shape index (κ1) is 21.6. The lowest BCUT2D eigenvalue weighted by molar-refractivity contribution is -0.136. The van der Waals surface area contributed by atoms with Crippen molar-refractivity contribution in [2.24, 2.45) is 5.92 Å². The van der Waals surface area contributed by atoms with Gasteiger partial charge < -0.3 is 18.9 Å². The summed E-state index contributed by atoms with van der Waals surface area (Å²) in [6.07, 6.45) is 3.84. The molecule has 8 nitrogen and oxygen atoms in total. The standard InChI is InChI=1S/C21H33N3O5/c1-15(2)20(21(26)24-8-4-5-16(24)3)18-13-19(22-29-18)27-12-11-23-9-6-17(7-10-23)28-14-25/h13-17,20H,4-12H2,1-3H3. The minimum Gasteiger partial charge on any atom is -0.474 e. The summed E-state index contributed by atoms with van der Waals surface area (Å²) in [6, 6.07) is 2.04. The average molecular weight is 408 g/mol. The lowest BCUT2D eigenvalue weighted by Gasteiger charge is -2.30. The molecule has 2 unspecified atom stereocenters. The van der Waals surface area contributed by atoms with Crippen molar-refractivity contribution >= 4 is 12.4 Å². The quantitative estimate of drug-likeness (QED) is 0.581. The Kier molecular flexibility index (Phi) is 7.52. The third kappa shape index (κ3) is 5.50. The third-order valence-corrected chi connectivity index (χ3v) is 6.02. The monoisotopic (exact) mass is 407 g/mol. The molecule has 2 saturated heterocycles. The van der Waals surface area contributed by atoms with Crippen LogP contribution in [-0.2, 0) is 14.3 Å². The molecule has 3 rings (SSSR count). The van der Waals surface area contributed by atoms with Gasteiger partial charge in [0.15, 0.2) is 5.76 Å². The molecule has 0 radical (unpaired) electrons. The number of ether oxygens (including phenoxy) is 2. The Morgan fingerprint density at radius 2 is 2.07 bits per heavy atom. The fourth-order valence-electron chi connectivity index (χ4n) is 4.29. The predicted molar refractivity (Wildman–Crippen MR) is 107 cm³/mol. The molecule has 2 atom stereocenters. The molecular formula is C21H33N3O5. The van der Waals surface area contributed by atoms with Crippen LogP contribution in [0.4, 0.5) is 0 Å². The van der Waals surface area contributed by atoms with E-state index in [9.17, 15) is 9.59 Å². The Bertz CT molecular complexity index is 669. The summed E-state index contributed by atoms with van der Waals surface area (Å²) in [5, 5.41) is 4.02. The normalized spacial score (nSPS) is 22.1. The lowest BCUT2D eigenvalue weighted by atomic mass is 9.91. The van der Waals surface area contributed by atoms with Gasteiger partial charge in [-0.15, -0.1) is 0 Å². The van der Waals surface area contributed by atoms with Crippen molar-refractivity contribution in [2.75, 3.05) is 32.8 Å². The Labute approximate surface area is 172 Å². The van der Waals surface area contributed by atoms with Gasteiger partial charge in [0.05, 0.1) is 0 Å². The molecule has 2 aliphatic heterocycles. The Morgan fingerprint density at radius 3 is 2.69 bits per heavy atom. The second kappa shape index (κ2) is 10.1. The van der Waals surface area contributed by atoms with Crippen LogP contribution in [0.2, 0.25) is 0 Å². The first-order chi connectivity index (χ1) is 14.0. The molecule has 0 N–H and O–H groups in total. The van der Waals surface area contributed by atoms with Gasteiger partial charge in [-0.05, 0) is 43.7 Å². The minimum absolute atomic E-state index is 0.0339. The van der Waals surface area contributed by atoms with Gasteiger partial charge in [-0.2, -0.15) is 0 Å². The van der Waals surface area contributed by atoms with Crippen molar-refractivity contribution in [2.45, 2.75) is 64.5 Å².